The molecule has 0 N–H and O–H groups in total. The van der Waals surface area contributed by atoms with Crippen molar-refractivity contribution < 1.29 is 4.39 Å². The van der Waals surface area contributed by atoms with Crippen LogP contribution in [0.3, 0.4) is 0 Å². The number of halogens is 1. The van der Waals surface area contributed by atoms with E-state index in [9.17, 15) is 14.0 Å². The standard InChI is InChI=1S/C18H22FN5O2/c1-21(11-13-6-4-7-14(19)10-13)8-5-9-24-17(25)15-16(20-12-22(15)2)23(3)18(24)26/h4,6-7,10,12H,5,8-9,11H2,1-3H3. The first-order chi connectivity index (χ1) is 12.4. The first kappa shape index (κ1) is 18.1. The van der Waals surface area contributed by atoms with Gasteiger partial charge in [0.2, 0.25) is 0 Å². The van der Waals surface area contributed by atoms with E-state index in [4.69, 9.17) is 0 Å². The molecular formula is C18H22FN5O2. The fraction of sp³-hybridized carbons (Fsp3) is 0.389. The quantitative estimate of drug-likeness (QED) is 0.661. The number of nitrogens with zero attached hydrogens (tertiary/aromatic N) is 5. The van der Waals surface area contributed by atoms with Crippen LogP contribution in [0.1, 0.15) is 12.0 Å². The van der Waals surface area contributed by atoms with E-state index < -0.39 is 0 Å². The van der Waals surface area contributed by atoms with Gasteiger partial charge in [-0.25, -0.2) is 14.2 Å². The molecule has 0 saturated heterocycles. The maximum absolute atomic E-state index is 13.3. The second-order valence-electron chi connectivity index (χ2n) is 6.55. The molecule has 0 aliphatic heterocycles. The maximum Gasteiger partial charge on any atom is 0.332 e. The first-order valence-electron chi connectivity index (χ1n) is 8.42. The molecule has 0 bridgehead atoms. The van der Waals surface area contributed by atoms with Gasteiger partial charge in [-0.3, -0.25) is 13.9 Å². The molecule has 26 heavy (non-hydrogen) atoms. The Kier molecular flexibility index (Phi) is 5.03. The molecule has 0 radical (unpaired) electrons. The summed E-state index contributed by atoms with van der Waals surface area (Å²) in [6.45, 7) is 1.60. The third kappa shape index (κ3) is 3.45. The number of rotatable bonds is 6. The molecule has 2 heterocycles. The molecule has 0 fully saturated rings. The SMILES string of the molecule is CN(CCCn1c(=O)c2c(ncn2C)n(C)c1=O)Cc1cccc(F)c1. The second-order valence-corrected chi connectivity index (χ2v) is 6.55. The van der Waals surface area contributed by atoms with Gasteiger partial charge in [0.15, 0.2) is 11.2 Å². The molecule has 0 aliphatic carbocycles. The second kappa shape index (κ2) is 7.25. The van der Waals surface area contributed by atoms with Crippen LogP contribution in [0.25, 0.3) is 11.2 Å². The number of fused-ring (bicyclic) bond motifs is 1. The fourth-order valence-electron chi connectivity index (χ4n) is 3.12. The Morgan fingerprint density at radius 3 is 2.73 bits per heavy atom. The highest BCUT2D eigenvalue weighted by molar-refractivity contribution is 5.69. The third-order valence-corrected chi connectivity index (χ3v) is 4.46. The number of hydrogen-bond donors (Lipinski definition) is 0. The molecule has 0 spiro atoms. The Morgan fingerprint density at radius 1 is 1.23 bits per heavy atom. The van der Waals surface area contributed by atoms with E-state index in [2.05, 4.69) is 4.98 Å². The highest BCUT2D eigenvalue weighted by atomic mass is 19.1. The minimum atomic E-state index is -0.367. The molecule has 8 heteroatoms. The van der Waals surface area contributed by atoms with Crippen molar-refractivity contribution in [2.24, 2.45) is 14.1 Å². The summed E-state index contributed by atoms with van der Waals surface area (Å²) < 4.78 is 17.5. The van der Waals surface area contributed by atoms with Crippen LogP contribution < -0.4 is 11.2 Å². The van der Waals surface area contributed by atoms with Crippen molar-refractivity contribution in [1.29, 1.82) is 0 Å². The largest absolute Gasteiger partial charge is 0.332 e. The molecule has 3 aromatic rings. The molecule has 0 saturated carbocycles. The molecule has 0 aliphatic rings. The van der Waals surface area contributed by atoms with E-state index in [-0.39, 0.29) is 17.1 Å². The Balaban J connectivity index is 1.71. The topological polar surface area (TPSA) is 65.1 Å². The van der Waals surface area contributed by atoms with Gasteiger partial charge in [0.05, 0.1) is 6.33 Å². The summed E-state index contributed by atoms with van der Waals surface area (Å²) in [6.07, 6.45) is 2.16. The van der Waals surface area contributed by atoms with Gasteiger partial charge >= 0.3 is 5.69 Å². The zero-order valence-corrected chi connectivity index (χ0v) is 15.1. The lowest BCUT2D eigenvalue weighted by molar-refractivity contribution is 0.311. The Labute approximate surface area is 149 Å². The highest BCUT2D eigenvalue weighted by Gasteiger charge is 2.14. The van der Waals surface area contributed by atoms with Gasteiger partial charge in [-0.2, -0.15) is 0 Å². The Hall–Kier alpha value is -2.74. The Bertz CT molecular complexity index is 1050. The third-order valence-electron chi connectivity index (χ3n) is 4.46. The van der Waals surface area contributed by atoms with Crippen LogP contribution >= 0.6 is 0 Å². The van der Waals surface area contributed by atoms with E-state index in [1.807, 2.05) is 18.0 Å². The van der Waals surface area contributed by atoms with Crippen LogP contribution in [-0.4, -0.2) is 37.2 Å². The van der Waals surface area contributed by atoms with Gasteiger partial charge in [-0.1, -0.05) is 12.1 Å². The summed E-state index contributed by atoms with van der Waals surface area (Å²) >= 11 is 0. The smallest absolute Gasteiger partial charge is 0.328 e. The van der Waals surface area contributed by atoms with E-state index in [0.717, 1.165) is 5.56 Å². The lowest BCUT2D eigenvalue weighted by atomic mass is 10.2. The van der Waals surface area contributed by atoms with Crippen molar-refractivity contribution in [3.05, 3.63) is 62.8 Å². The molecule has 138 valence electrons. The molecule has 1 aromatic carbocycles. The van der Waals surface area contributed by atoms with Crippen molar-refractivity contribution in [2.45, 2.75) is 19.5 Å². The van der Waals surface area contributed by atoms with Crippen molar-refractivity contribution in [1.82, 2.24) is 23.6 Å². The number of hydrogen-bond acceptors (Lipinski definition) is 4. The number of aromatic nitrogens is 4. The lowest BCUT2D eigenvalue weighted by Crippen LogP contribution is -2.40. The Morgan fingerprint density at radius 2 is 2.00 bits per heavy atom. The van der Waals surface area contributed by atoms with E-state index in [1.165, 1.54) is 27.6 Å². The molecule has 0 amide bonds. The van der Waals surface area contributed by atoms with Gasteiger partial charge in [-0.05, 0) is 37.7 Å². The predicted octanol–water partition coefficient (Wildman–Crippen LogP) is 1.09. The molecule has 0 atom stereocenters. The van der Waals surface area contributed by atoms with Crippen molar-refractivity contribution >= 4 is 11.2 Å². The van der Waals surface area contributed by atoms with Crippen LogP contribution in [-0.2, 0) is 27.2 Å². The summed E-state index contributed by atoms with van der Waals surface area (Å²) in [5.74, 6) is -0.254. The average molecular weight is 359 g/mol. The molecule has 7 nitrogen and oxygen atoms in total. The lowest BCUT2D eigenvalue weighted by Gasteiger charge is -2.17. The van der Waals surface area contributed by atoms with Crippen LogP contribution in [0.4, 0.5) is 4.39 Å². The minimum absolute atomic E-state index is 0.254. The van der Waals surface area contributed by atoms with Crippen LogP contribution in [0, 0.1) is 5.82 Å². The molecule has 0 unspecified atom stereocenters. The van der Waals surface area contributed by atoms with Gasteiger partial charge in [0, 0.05) is 27.2 Å². The number of benzene rings is 1. The number of imidazole rings is 1. The van der Waals surface area contributed by atoms with E-state index in [1.54, 1.807) is 24.7 Å². The predicted molar refractivity (Wildman–Crippen MR) is 97.6 cm³/mol. The zero-order chi connectivity index (χ0) is 18.8. The van der Waals surface area contributed by atoms with Crippen LogP contribution in [0.15, 0.2) is 40.2 Å². The monoisotopic (exact) mass is 359 g/mol. The normalized spacial score (nSPS) is 11.6. The summed E-state index contributed by atoms with van der Waals surface area (Å²) in [5.41, 5.74) is 1.00. The van der Waals surface area contributed by atoms with E-state index >= 15 is 0 Å². The van der Waals surface area contributed by atoms with Gasteiger partial charge < -0.3 is 9.47 Å². The number of aryl methyl sites for hydroxylation is 2. The van der Waals surface area contributed by atoms with E-state index in [0.29, 0.717) is 37.2 Å². The van der Waals surface area contributed by atoms with Crippen molar-refractivity contribution in [3.8, 4) is 0 Å². The fourth-order valence-corrected chi connectivity index (χ4v) is 3.12. The van der Waals surface area contributed by atoms with Crippen LogP contribution in [0.2, 0.25) is 0 Å². The summed E-state index contributed by atoms with van der Waals surface area (Å²) in [7, 11) is 5.28. The van der Waals surface area contributed by atoms with Gasteiger partial charge in [0.1, 0.15) is 5.82 Å². The van der Waals surface area contributed by atoms with Gasteiger partial charge in [-0.15, -0.1) is 0 Å². The van der Waals surface area contributed by atoms with Crippen LogP contribution in [0.5, 0.6) is 0 Å². The minimum Gasteiger partial charge on any atom is -0.328 e. The average Bonchev–Trinajstić information content (AvgIpc) is 2.98. The van der Waals surface area contributed by atoms with Crippen molar-refractivity contribution in [2.75, 3.05) is 13.6 Å². The molecule has 3 rings (SSSR count). The summed E-state index contributed by atoms with van der Waals surface area (Å²) in [5, 5.41) is 0. The summed E-state index contributed by atoms with van der Waals surface area (Å²) in [4.78, 5) is 31.2. The van der Waals surface area contributed by atoms with Crippen molar-refractivity contribution in [3.63, 3.8) is 0 Å². The first-order valence-corrected chi connectivity index (χ1v) is 8.42. The summed E-state index contributed by atoms with van der Waals surface area (Å²) in [6, 6.07) is 6.48. The highest BCUT2D eigenvalue weighted by Crippen LogP contribution is 2.07. The molecular weight excluding hydrogens is 337 g/mol. The molecule has 2 aromatic heterocycles. The van der Waals surface area contributed by atoms with Gasteiger partial charge in [0.25, 0.3) is 5.56 Å². The zero-order valence-electron chi connectivity index (χ0n) is 15.1. The maximum atomic E-state index is 13.3.